The molecule has 0 fully saturated rings. The number of hydrogen-bond acceptors (Lipinski definition) is 4. The molecule has 164 valence electrons. The summed E-state index contributed by atoms with van der Waals surface area (Å²) in [6.45, 7) is 0. The highest BCUT2D eigenvalue weighted by Gasteiger charge is 2.18. The lowest BCUT2D eigenvalue weighted by Gasteiger charge is -2.14. The van der Waals surface area contributed by atoms with Crippen molar-refractivity contribution in [2.45, 2.75) is 0 Å². The summed E-state index contributed by atoms with van der Waals surface area (Å²) >= 11 is 7.77. The van der Waals surface area contributed by atoms with Crippen LogP contribution in [0.3, 0.4) is 0 Å². The van der Waals surface area contributed by atoms with E-state index in [2.05, 4.69) is 34.1 Å². The van der Waals surface area contributed by atoms with Gasteiger partial charge in [0.1, 0.15) is 11.2 Å². The zero-order valence-corrected chi connectivity index (χ0v) is 19.4. The van der Waals surface area contributed by atoms with E-state index in [4.69, 9.17) is 16.6 Å². The Kier molecular flexibility index (Phi) is 5.09. The molecule has 5 nitrogen and oxygen atoms in total. The Bertz CT molecular complexity index is 1650. The summed E-state index contributed by atoms with van der Waals surface area (Å²) in [5, 5.41) is 9.69. The van der Waals surface area contributed by atoms with Crippen LogP contribution < -0.4 is 5.56 Å². The second-order valence-corrected chi connectivity index (χ2v) is 8.99. The van der Waals surface area contributed by atoms with Gasteiger partial charge in [-0.1, -0.05) is 54.1 Å². The van der Waals surface area contributed by atoms with Crippen LogP contribution in [0.15, 0.2) is 107 Å². The van der Waals surface area contributed by atoms with Crippen LogP contribution in [0.5, 0.6) is 0 Å². The van der Waals surface area contributed by atoms with Gasteiger partial charge in [0.15, 0.2) is 5.65 Å². The molecule has 3 heterocycles. The van der Waals surface area contributed by atoms with Gasteiger partial charge < -0.3 is 0 Å². The monoisotopic (exact) mass is 480 g/mol. The van der Waals surface area contributed by atoms with Crippen LogP contribution in [0.1, 0.15) is 0 Å². The van der Waals surface area contributed by atoms with Crippen molar-refractivity contribution in [1.29, 1.82) is 0 Å². The van der Waals surface area contributed by atoms with Crippen molar-refractivity contribution in [3.8, 4) is 33.9 Å². The third kappa shape index (κ3) is 3.53. The fourth-order valence-corrected chi connectivity index (χ4v) is 4.78. The number of benzene rings is 3. The minimum Gasteiger partial charge on any atom is -0.268 e. The Hall–Kier alpha value is -4.00. The van der Waals surface area contributed by atoms with Crippen molar-refractivity contribution >= 4 is 34.0 Å². The largest absolute Gasteiger partial charge is 0.269 e. The average molecular weight is 481 g/mol. The van der Waals surface area contributed by atoms with Crippen molar-refractivity contribution in [2.75, 3.05) is 0 Å². The molecule has 0 amide bonds. The van der Waals surface area contributed by atoms with Crippen LogP contribution in [-0.2, 0) is 0 Å². The Morgan fingerprint density at radius 3 is 2.21 bits per heavy atom. The van der Waals surface area contributed by atoms with E-state index in [0.717, 1.165) is 22.4 Å². The average Bonchev–Trinajstić information content (AvgIpc) is 3.56. The smallest absolute Gasteiger partial charge is 0.268 e. The molecule has 0 radical (unpaired) electrons. The molecule has 0 atom stereocenters. The fraction of sp³-hybridized carbons (Fsp3) is 0. The van der Waals surface area contributed by atoms with Gasteiger partial charge in [-0.15, -0.1) is 0 Å². The van der Waals surface area contributed by atoms with E-state index in [1.807, 2.05) is 54.6 Å². The van der Waals surface area contributed by atoms with E-state index in [0.29, 0.717) is 27.6 Å². The molecule has 0 saturated heterocycles. The zero-order chi connectivity index (χ0) is 23.1. The molecule has 6 aromatic rings. The summed E-state index contributed by atoms with van der Waals surface area (Å²) in [6, 6.07) is 27.0. The lowest BCUT2D eigenvalue weighted by atomic mass is 10.1. The first-order valence-corrected chi connectivity index (χ1v) is 12.0. The molecule has 0 unspecified atom stereocenters. The van der Waals surface area contributed by atoms with Crippen molar-refractivity contribution in [3.05, 3.63) is 117 Å². The first kappa shape index (κ1) is 20.6. The van der Waals surface area contributed by atoms with Crippen LogP contribution in [0.2, 0.25) is 5.02 Å². The molecule has 6 rings (SSSR count). The minimum absolute atomic E-state index is 0.189. The van der Waals surface area contributed by atoms with Gasteiger partial charge in [-0.25, -0.2) is 9.67 Å². The molecular weight excluding hydrogens is 464 g/mol. The molecular formula is C27H17ClN4OS. The molecule has 0 aliphatic carbocycles. The molecule has 7 heteroatoms. The number of halogens is 1. The number of hydrogen-bond donors (Lipinski definition) is 0. The minimum atomic E-state index is -0.189. The van der Waals surface area contributed by atoms with E-state index in [1.165, 1.54) is 0 Å². The van der Waals surface area contributed by atoms with E-state index >= 15 is 0 Å². The first-order chi connectivity index (χ1) is 16.7. The fourth-order valence-electron chi connectivity index (χ4n) is 3.99. The highest BCUT2D eigenvalue weighted by atomic mass is 35.5. The van der Waals surface area contributed by atoms with Crippen LogP contribution in [0.4, 0.5) is 0 Å². The third-order valence-electron chi connectivity index (χ3n) is 5.68. The Morgan fingerprint density at radius 2 is 1.50 bits per heavy atom. The van der Waals surface area contributed by atoms with Gasteiger partial charge in [-0.05, 0) is 64.4 Å². The van der Waals surface area contributed by atoms with Crippen LogP contribution in [-0.4, -0.2) is 19.3 Å². The maximum absolute atomic E-state index is 13.7. The summed E-state index contributed by atoms with van der Waals surface area (Å²) in [5.74, 6) is 0.536. The van der Waals surface area contributed by atoms with Gasteiger partial charge in [0.2, 0.25) is 0 Å². The van der Waals surface area contributed by atoms with Gasteiger partial charge in [-0.3, -0.25) is 9.36 Å². The first-order valence-electron chi connectivity index (χ1n) is 10.6. The predicted octanol–water partition coefficient (Wildman–Crippen LogP) is 6.62. The van der Waals surface area contributed by atoms with Crippen LogP contribution >= 0.6 is 22.9 Å². The maximum atomic E-state index is 13.7. The summed E-state index contributed by atoms with van der Waals surface area (Å²) < 4.78 is 3.32. The van der Waals surface area contributed by atoms with Crippen molar-refractivity contribution in [1.82, 2.24) is 19.3 Å². The number of fused-ring (bicyclic) bond motifs is 1. The molecule has 0 saturated carbocycles. The van der Waals surface area contributed by atoms with Gasteiger partial charge in [0.05, 0.1) is 17.6 Å². The van der Waals surface area contributed by atoms with Crippen molar-refractivity contribution in [2.24, 2.45) is 0 Å². The maximum Gasteiger partial charge on any atom is 0.269 e. The Labute approximate surface area is 204 Å². The number of aromatic nitrogens is 4. The lowest BCUT2D eigenvalue weighted by molar-refractivity contribution is 0.888. The molecule has 3 aromatic carbocycles. The van der Waals surface area contributed by atoms with E-state index in [1.54, 1.807) is 38.9 Å². The van der Waals surface area contributed by atoms with Gasteiger partial charge >= 0.3 is 0 Å². The summed E-state index contributed by atoms with van der Waals surface area (Å²) in [4.78, 5) is 18.7. The van der Waals surface area contributed by atoms with Crippen molar-refractivity contribution in [3.63, 3.8) is 0 Å². The number of thiophene rings is 1. The normalized spacial score (nSPS) is 11.2. The second-order valence-electron chi connectivity index (χ2n) is 7.77. The predicted molar refractivity (Wildman–Crippen MR) is 138 cm³/mol. The quantitative estimate of drug-likeness (QED) is 0.285. The van der Waals surface area contributed by atoms with Gasteiger partial charge in [0.25, 0.3) is 5.56 Å². The summed E-state index contributed by atoms with van der Waals surface area (Å²) in [6.07, 6.45) is 1.58. The highest BCUT2D eigenvalue weighted by Crippen LogP contribution is 2.28. The highest BCUT2D eigenvalue weighted by molar-refractivity contribution is 7.08. The topological polar surface area (TPSA) is 52.7 Å². The molecule has 3 aromatic heterocycles. The summed E-state index contributed by atoms with van der Waals surface area (Å²) in [5.41, 5.74) is 4.96. The Balaban J connectivity index is 1.61. The molecule has 34 heavy (non-hydrogen) atoms. The van der Waals surface area contributed by atoms with Crippen molar-refractivity contribution < 1.29 is 0 Å². The van der Waals surface area contributed by atoms with Crippen LogP contribution in [0.25, 0.3) is 44.9 Å². The van der Waals surface area contributed by atoms with Crippen LogP contribution in [0, 0.1) is 0 Å². The molecule has 0 spiro atoms. The van der Waals surface area contributed by atoms with E-state index < -0.39 is 0 Å². The van der Waals surface area contributed by atoms with E-state index in [-0.39, 0.29) is 5.56 Å². The summed E-state index contributed by atoms with van der Waals surface area (Å²) in [7, 11) is 0. The molecule has 0 N–H and O–H groups in total. The second kappa shape index (κ2) is 8.41. The van der Waals surface area contributed by atoms with Gasteiger partial charge in [-0.2, -0.15) is 16.4 Å². The number of para-hydroxylation sites is 1. The molecule has 0 bridgehead atoms. The van der Waals surface area contributed by atoms with E-state index in [9.17, 15) is 4.79 Å². The molecule has 0 aliphatic heterocycles. The standard InChI is InChI=1S/C27H17ClN4OS/c28-21-10-12-22(13-11-21)31-25(19-8-6-18(7-9-19)20-14-15-34-17-20)30-26-24(27(31)33)16-29-32(26)23-4-2-1-3-5-23/h1-17H. The zero-order valence-electron chi connectivity index (χ0n) is 17.8. The number of nitrogens with zero attached hydrogens (tertiary/aromatic N) is 4. The number of rotatable bonds is 4. The Morgan fingerprint density at radius 1 is 0.765 bits per heavy atom. The SMILES string of the molecule is O=c1c2cnn(-c3ccccc3)c2nc(-c2ccc(-c3ccsc3)cc2)n1-c1ccc(Cl)cc1. The molecule has 0 aliphatic rings. The third-order valence-corrected chi connectivity index (χ3v) is 6.62. The van der Waals surface area contributed by atoms with Gasteiger partial charge in [0, 0.05) is 10.6 Å². The lowest BCUT2D eigenvalue weighted by Crippen LogP contribution is -2.22.